The summed E-state index contributed by atoms with van der Waals surface area (Å²) in [5, 5.41) is 0.995. The van der Waals surface area contributed by atoms with Gasteiger partial charge in [0.15, 0.2) is 0 Å². The van der Waals surface area contributed by atoms with Crippen LogP contribution in [0.2, 0.25) is 0 Å². The number of rotatable bonds is 2. The number of fused-ring (bicyclic) bond motifs is 1. The van der Waals surface area contributed by atoms with Gasteiger partial charge in [-0.3, -0.25) is 4.79 Å². The predicted octanol–water partition coefficient (Wildman–Crippen LogP) is 2.61. The van der Waals surface area contributed by atoms with E-state index < -0.39 is 0 Å². The van der Waals surface area contributed by atoms with Gasteiger partial charge in [-0.15, -0.1) is 0 Å². The number of alkyl halides is 1. The lowest BCUT2D eigenvalue weighted by atomic mass is 9.45. The van der Waals surface area contributed by atoms with Gasteiger partial charge in [0.05, 0.1) is 13.0 Å². The van der Waals surface area contributed by atoms with Crippen LogP contribution in [-0.4, -0.2) is 18.4 Å². The largest absolute Gasteiger partial charge is 0.469 e. The van der Waals surface area contributed by atoms with Crippen molar-refractivity contribution in [1.82, 2.24) is 0 Å². The molecule has 2 bridgehead atoms. The summed E-state index contributed by atoms with van der Waals surface area (Å²) in [4.78, 5) is 11.6. The van der Waals surface area contributed by atoms with Gasteiger partial charge in [-0.25, -0.2) is 0 Å². The summed E-state index contributed by atoms with van der Waals surface area (Å²) in [6.45, 7) is 4.53. The van der Waals surface area contributed by atoms with Crippen molar-refractivity contribution >= 4 is 21.9 Å². The lowest BCUT2D eigenvalue weighted by Gasteiger charge is -2.59. The molecule has 0 amide bonds. The zero-order valence-electron chi connectivity index (χ0n) is 8.97. The van der Waals surface area contributed by atoms with Crippen LogP contribution in [0.3, 0.4) is 0 Å². The number of esters is 1. The van der Waals surface area contributed by atoms with Crippen LogP contribution >= 0.6 is 15.9 Å². The average molecular weight is 261 g/mol. The third kappa shape index (κ3) is 0.898. The zero-order valence-corrected chi connectivity index (χ0v) is 10.6. The van der Waals surface area contributed by atoms with Crippen molar-refractivity contribution < 1.29 is 9.53 Å². The van der Waals surface area contributed by atoms with E-state index in [1.807, 2.05) is 0 Å². The van der Waals surface area contributed by atoms with Crippen molar-refractivity contribution in [2.75, 3.05) is 12.4 Å². The first-order chi connectivity index (χ1) is 6.51. The van der Waals surface area contributed by atoms with Crippen molar-refractivity contribution in [3.63, 3.8) is 0 Å². The van der Waals surface area contributed by atoms with Gasteiger partial charge in [0, 0.05) is 5.33 Å². The van der Waals surface area contributed by atoms with E-state index >= 15 is 0 Å². The monoisotopic (exact) mass is 260 g/mol. The number of hydrogen-bond donors (Lipinski definition) is 0. The fourth-order valence-corrected chi connectivity index (χ4v) is 4.74. The number of hydrogen-bond acceptors (Lipinski definition) is 2. The minimum atomic E-state index is -0.00609. The molecule has 0 N–H and O–H groups in total. The molecule has 0 unspecified atom stereocenters. The number of carbonyl (C=O) groups is 1. The highest BCUT2D eigenvalue weighted by Gasteiger charge is 2.72. The molecule has 80 valence electrons. The van der Waals surface area contributed by atoms with E-state index in [1.54, 1.807) is 0 Å². The predicted molar refractivity (Wildman–Crippen MR) is 58.2 cm³/mol. The van der Waals surface area contributed by atoms with E-state index in [0.717, 1.165) is 5.33 Å². The van der Waals surface area contributed by atoms with E-state index in [-0.39, 0.29) is 17.3 Å². The Balaban J connectivity index is 2.26. The molecule has 0 aromatic carbocycles. The molecule has 0 spiro atoms. The first-order valence-corrected chi connectivity index (χ1v) is 6.27. The van der Waals surface area contributed by atoms with Gasteiger partial charge >= 0.3 is 5.97 Å². The quantitative estimate of drug-likeness (QED) is 0.564. The molecular weight excluding hydrogens is 244 g/mol. The van der Waals surface area contributed by atoms with Crippen LogP contribution in [-0.2, 0) is 9.53 Å². The lowest BCUT2D eigenvalue weighted by Crippen LogP contribution is -2.60. The number of ether oxygens (including phenoxy) is 1. The van der Waals surface area contributed by atoms with Gasteiger partial charge in [0.2, 0.25) is 0 Å². The highest BCUT2D eigenvalue weighted by molar-refractivity contribution is 9.09. The highest BCUT2D eigenvalue weighted by Crippen LogP contribution is 2.74. The minimum absolute atomic E-state index is 0.00609. The summed E-state index contributed by atoms with van der Waals surface area (Å²) in [6.07, 6.45) is 2.35. The third-order valence-corrected chi connectivity index (χ3v) is 6.08. The van der Waals surface area contributed by atoms with Crippen molar-refractivity contribution in [2.24, 2.45) is 22.7 Å². The molecule has 0 aromatic heterocycles. The van der Waals surface area contributed by atoms with Crippen LogP contribution in [0.1, 0.15) is 26.7 Å². The normalized spacial score (nSPS) is 50.0. The van der Waals surface area contributed by atoms with Crippen LogP contribution in [0.4, 0.5) is 0 Å². The van der Waals surface area contributed by atoms with E-state index in [1.165, 1.54) is 20.0 Å². The first-order valence-electron chi connectivity index (χ1n) is 5.15. The van der Waals surface area contributed by atoms with E-state index in [4.69, 9.17) is 4.74 Å². The Hall–Kier alpha value is -0.0500. The van der Waals surface area contributed by atoms with Gasteiger partial charge in [-0.2, -0.15) is 0 Å². The number of carbonyl (C=O) groups excluding carboxylic acids is 1. The standard InChI is InChI=1S/C11H17BrO2/c1-10-5-4-7(11(10,2)6-12)8(10)9(13)14-3/h7-8H,4-6H2,1-3H3/t7-,8-,10+,11-/m0/s1. The zero-order chi connectivity index (χ0) is 10.6. The molecule has 4 atom stereocenters. The Bertz CT molecular complexity index is 278. The smallest absolute Gasteiger partial charge is 0.309 e. The second-order valence-electron chi connectivity index (χ2n) is 5.11. The molecule has 3 saturated carbocycles. The SMILES string of the molecule is COC(=O)[C@@H]1[C@@H]2CC[C@@]1(C)[C@@]2(C)CBr. The highest BCUT2D eigenvalue weighted by atomic mass is 79.9. The summed E-state index contributed by atoms with van der Waals surface area (Å²) in [5.41, 5.74) is 0.458. The molecule has 3 heteroatoms. The van der Waals surface area contributed by atoms with Gasteiger partial charge < -0.3 is 4.74 Å². The topological polar surface area (TPSA) is 26.3 Å². The van der Waals surface area contributed by atoms with Gasteiger partial charge in [0.25, 0.3) is 0 Å². The van der Waals surface area contributed by atoms with Crippen molar-refractivity contribution in [2.45, 2.75) is 26.7 Å². The molecule has 0 radical (unpaired) electrons. The maximum atomic E-state index is 11.6. The Morgan fingerprint density at radius 1 is 1.57 bits per heavy atom. The van der Waals surface area contributed by atoms with E-state index in [9.17, 15) is 4.79 Å². The Morgan fingerprint density at radius 2 is 2.21 bits per heavy atom. The molecule has 0 aliphatic heterocycles. The summed E-state index contributed by atoms with van der Waals surface area (Å²) < 4.78 is 4.88. The van der Waals surface area contributed by atoms with Crippen LogP contribution in [0.15, 0.2) is 0 Å². The van der Waals surface area contributed by atoms with Gasteiger partial charge in [-0.1, -0.05) is 29.8 Å². The summed E-state index contributed by atoms with van der Waals surface area (Å²) in [6, 6.07) is 0. The van der Waals surface area contributed by atoms with Gasteiger partial charge in [-0.05, 0) is 29.6 Å². The molecule has 14 heavy (non-hydrogen) atoms. The molecule has 3 aliphatic rings. The summed E-state index contributed by atoms with van der Waals surface area (Å²) in [5.74, 6) is 0.669. The molecule has 0 saturated heterocycles. The maximum Gasteiger partial charge on any atom is 0.309 e. The number of methoxy groups -OCH3 is 1. The maximum absolute atomic E-state index is 11.6. The lowest BCUT2D eigenvalue weighted by molar-refractivity contribution is -0.179. The van der Waals surface area contributed by atoms with Crippen molar-refractivity contribution in [3.8, 4) is 0 Å². The fraction of sp³-hybridized carbons (Fsp3) is 0.909. The fourth-order valence-electron chi connectivity index (χ4n) is 3.68. The van der Waals surface area contributed by atoms with Crippen molar-refractivity contribution in [1.29, 1.82) is 0 Å². The van der Waals surface area contributed by atoms with Gasteiger partial charge in [0.1, 0.15) is 0 Å². The third-order valence-electron chi connectivity index (χ3n) is 4.92. The molecule has 2 nitrogen and oxygen atoms in total. The Kier molecular flexibility index (Phi) is 2.22. The van der Waals surface area contributed by atoms with Crippen LogP contribution in [0.5, 0.6) is 0 Å². The summed E-state index contributed by atoms with van der Waals surface area (Å²) >= 11 is 3.58. The minimum Gasteiger partial charge on any atom is -0.469 e. The molecule has 3 rings (SSSR count). The summed E-state index contributed by atoms with van der Waals surface area (Å²) in [7, 11) is 1.49. The molecular formula is C11H17BrO2. The molecule has 0 aromatic rings. The average Bonchev–Trinajstić information content (AvgIpc) is 2.67. The van der Waals surface area contributed by atoms with Crippen LogP contribution in [0.25, 0.3) is 0 Å². The van der Waals surface area contributed by atoms with Crippen molar-refractivity contribution in [3.05, 3.63) is 0 Å². The van der Waals surface area contributed by atoms with Crippen LogP contribution < -0.4 is 0 Å². The number of halogens is 1. The van der Waals surface area contributed by atoms with Crippen LogP contribution in [0, 0.1) is 22.7 Å². The first kappa shape index (κ1) is 10.5. The molecule has 3 aliphatic carbocycles. The second kappa shape index (κ2) is 2.97. The van der Waals surface area contributed by atoms with E-state index in [2.05, 4.69) is 29.8 Å². The second-order valence-corrected chi connectivity index (χ2v) is 5.68. The van der Waals surface area contributed by atoms with E-state index in [0.29, 0.717) is 11.3 Å². The Labute approximate surface area is 93.5 Å². The molecule has 0 heterocycles. The Morgan fingerprint density at radius 3 is 2.57 bits per heavy atom. The molecule has 3 fully saturated rings.